The van der Waals surface area contributed by atoms with Gasteiger partial charge in [-0.1, -0.05) is 22.0 Å². The summed E-state index contributed by atoms with van der Waals surface area (Å²) in [5.74, 6) is -0.138. The average Bonchev–Trinajstić information content (AvgIpc) is 2.91. The van der Waals surface area contributed by atoms with Gasteiger partial charge in [0.1, 0.15) is 0 Å². The van der Waals surface area contributed by atoms with Crippen molar-refractivity contribution in [3.05, 3.63) is 28.7 Å². The molecule has 1 fully saturated rings. The van der Waals surface area contributed by atoms with E-state index in [1.807, 2.05) is 0 Å². The molecule has 0 saturated carbocycles. The lowest BCUT2D eigenvalue weighted by Gasteiger charge is -2.11. The molecule has 0 aromatic heterocycles. The summed E-state index contributed by atoms with van der Waals surface area (Å²) in [5.41, 5.74) is 0. The Bertz CT molecular complexity index is 600. The smallest absolute Gasteiger partial charge is 0.240 e. The molecule has 1 heterocycles. The van der Waals surface area contributed by atoms with Crippen molar-refractivity contribution < 1.29 is 13.2 Å². The number of rotatable bonds is 6. The van der Waals surface area contributed by atoms with Gasteiger partial charge in [-0.3, -0.25) is 4.79 Å². The van der Waals surface area contributed by atoms with Crippen molar-refractivity contribution in [2.24, 2.45) is 0 Å². The van der Waals surface area contributed by atoms with Crippen molar-refractivity contribution in [1.29, 1.82) is 0 Å². The zero-order valence-corrected chi connectivity index (χ0v) is 13.8. The van der Waals surface area contributed by atoms with E-state index in [2.05, 4.69) is 31.3 Å². The monoisotopic (exact) mass is 375 g/mol. The molecule has 1 atom stereocenters. The number of halogens is 1. The van der Waals surface area contributed by atoms with Gasteiger partial charge in [0.25, 0.3) is 0 Å². The number of carbonyl (C=O) groups is 1. The second-order valence-electron chi connectivity index (χ2n) is 4.86. The van der Waals surface area contributed by atoms with Gasteiger partial charge in [0.15, 0.2) is 0 Å². The van der Waals surface area contributed by atoms with E-state index in [1.165, 1.54) is 12.1 Å². The van der Waals surface area contributed by atoms with Gasteiger partial charge < -0.3 is 10.6 Å². The normalized spacial score (nSPS) is 18.6. The van der Waals surface area contributed by atoms with Crippen LogP contribution in [-0.4, -0.2) is 40.0 Å². The first-order valence-electron chi connectivity index (χ1n) is 6.73. The molecule has 8 heteroatoms. The summed E-state index contributed by atoms with van der Waals surface area (Å²) in [6, 6.07) is 6.59. The molecule has 116 valence electrons. The maximum atomic E-state index is 12.0. The highest BCUT2D eigenvalue weighted by Gasteiger charge is 2.18. The predicted octanol–water partition coefficient (Wildman–Crippen LogP) is 0.596. The van der Waals surface area contributed by atoms with E-state index in [0.29, 0.717) is 4.47 Å². The van der Waals surface area contributed by atoms with Gasteiger partial charge in [-0.05, 0) is 31.2 Å². The Kier molecular flexibility index (Phi) is 5.74. The molecule has 1 aromatic carbocycles. The Morgan fingerprint density at radius 2 is 2.24 bits per heavy atom. The van der Waals surface area contributed by atoms with Crippen molar-refractivity contribution in [3.63, 3.8) is 0 Å². The summed E-state index contributed by atoms with van der Waals surface area (Å²) in [4.78, 5) is 11.9. The van der Waals surface area contributed by atoms with Gasteiger partial charge in [-0.25, -0.2) is 13.1 Å². The number of hydrogen-bond donors (Lipinski definition) is 3. The molecule has 1 unspecified atom stereocenters. The number of benzene rings is 1. The molecule has 0 aliphatic carbocycles. The van der Waals surface area contributed by atoms with E-state index >= 15 is 0 Å². The van der Waals surface area contributed by atoms with Crippen LogP contribution in [0.2, 0.25) is 0 Å². The van der Waals surface area contributed by atoms with Gasteiger partial charge in [-0.15, -0.1) is 0 Å². The molecule has 6 nitrogen and oxygen atoms in total. The van der Waals surface area contributed by atoms with Crippen LogP contribution in [0.25, 0.3) is 0 Å². The number of sulfonamides is 1. The second-order valence-corrected chi connectivity index (χ2v) is 7.55. The minimum Gasteiger partial charge on any atom is -0.352 e. The minimum atomic E-state index is -3.58. The Morgan fingerprint density at radius 1 is 1.43 bits per heavy atom. The van der Waals surface area contributed by atoms with Gasteiger partial charge in [-0.2, -0.15) is 0 Å². The van der Waals surface area contributed by atoms with E-state index in [-0.39, 0.29) is 29.8 Å². The summed E-state index contributed by atoms with van der Waals surface area (Å²) in [5, 5.41) is 6.02. The maximum Gasteiger partial charge on any atom is 0.240 e. The first kappa shape index (κ1) is 16.4. The Hall–Kier alpha value is -0.960. The predicted molar refractivity (Wildman–Crippen MR) is 83.4 cm³/mol. The van der Waals surface area contributed by atoms with Crippen molar-refractivity contribution in [1.82, 2.24) is 15.4 Å². The number of hydrogen-bond acceptors (Lipinski definition) is 4. The SMILES string of the molecule is O=C(CCNS(=O)(=O)c1cccc(Br)c1)NC1CCNC1. The number of nitrogens with one attached hydrogen (secondary N) is 3. The quantitative estimate of drug-likeness (QED) is 0.679. The second kappa shape index (κ2) is 7.35. The van der Waals surface area contributed by atoms with Crippen LogP contribution in [0.5, 0.6) is 0 Å². The molecule has 21 heavy (non-hydrogen) atoms. The molecule has 2 rings (SSSR count). The standard InChI is InChI=1S/C13H18BrN3O3S/c14-10-2-1-3-12(8-10)21(19,20)16-7-5-13(18)17-11-4-6-15-9-11/h1-3,8,11,15-16H,4-7,9H2,(H,17,18). The lowest BCUT2D eigenvalue weighted by atomic mass is 10.2. The van der Waals surface area contributed by atoms with Gasteiger partial charge in [0.05, 0.1) is 4.90 Å². The van der Waals surface area contributed by atoms with Gasteiger partial charge in [0.2, 0.25) is 15.9 Å². The third-order valence-electron chi connectivity index (χ3n) is 3.18. The lowest BCUT2D eigenvalue weighted by molar-refractivity contribution is -0.121. The molecule has 0 bridgehead atoms. The summed E-state index contributed by atoms with van der Waals surface area (Å²) >= 11 is 3.23. The molecule has 1 amide bonds. The van der Waals surface area contributed by atoms with E-state index in [0.717, 1.165) is 19.5 Å². The minimum absolute atomic E-state index is 0.0842. The highest BCUT2D eigenvalue weighted by atomic mass is 79.9. The van der Waals surface area contributed by atoms with Crippen LogP contribution in [0.1, 0.15) is 12.8 Å². The Labute approximate surface area is 132 Å². The van der Waals surface area contributed by atoms with Crippen molar-refractivity contribution >= 4 is 31.9 Å². The highest BCUT2D eigenvalue weighted by Crippen LogP contribution is 2.15. The zero-order chi connectivity index (χ0) is 15.3. The molecule has 3 N–H and O–H groups in total. The first-order chi connectivity index (χ1) is 9.97. The summed E-state index contributed by atoms with van der Waals surface area (Å²) in [7, 11) is -3.58. The third kappa shape index (κ3) is 5.06. The molecular weight excluding hydrogens is 358 g/mol. The molecule has 1 saturated heterocycles. The van der Waals surface area contributed by atoms with E-state index in [1.54, 1.807) is 12.1 Å². The Morgan fingerprint density at radius 3 is 2.90 bits per heavy atom. The summed E-state index contributed by atoms with van der Waals surface area (Å²) in [6.45, 7) is 1.76. The van der Waals surface area contributed by atoms with Crippen molar-refractivity contribution in [3.8, 4) is 0 Å². The molecule has 0 spiro atoms. The molecule has 1 aliphatic rings. The largest absolute Gasteiger partial charge is 0.352 e. The zero-order valence-electron chi connectivity index (χ0n) is 11.4. The van der Waals surface area contributed by atoms with Crippen LogP contribution in [0, 0.1) is 0 Å². The van der Waals surface area contributed by atoms with Crippen LogP contribution < -0.4 is 15.4 Å². The van der Waals surface area contributed by atoms with Crippen molar-refractivity contribution in [2.45, 2.75) is 23.8 Å². The Balaban J connectivity index is 1.80. The van der Waals surface area contributed by atoms with Gasteiger partial charge in [0, 0.05) is 30.0 Å². The summed E-state index contributed by atoms with van der Waals surface area (Å²) in [6.07, 6.45) is 1.04. The molecule has 0 radical (unpaired) electrons. The topological polar surface area (TPSA) is 87.3 Å². The number of carbonyl (C=O) groups excluding carboxylic acids is 1. The van der Waals surface area contributed by atoms with E-state index < -0.39 is 10.0 Å². The first-order valence-corrected chi connectivity index (χ1v) is 9.00. The van der Waals surface area contributed by atoms with Crippen LogP contribution in [-0.2, 0) is 14.8 Å². The molecule has 1 aliphatic heterocycles. The van der Waals surface area contributed by atoms with Crippen LogP contribution in [0.4, 0.5) is 0 Å². The maximum absolute atomic E-state index is 12.0. The van der Waals surface area contributed by atoms with E-state index in [4.69, 9.17) is 0 Å². The average molecular weight is 376 g/mol. The fraction of sp³-hybridized carbons (Fsp3) is 0.462. The lowest BCUT2D eigenvalue weighted by Crippen LogP contribution is -2.38. The van der Waals surface area contributed by atoms with Gasteiger partial charge >= 0.3 is 0 Å². The van der Waals surface area contributed by atoms with E-state index in [9.17, 15) is 13.2 Å². The van der Waals surface area contributed by atoms with Crippen LogP contribution >= 0.6 is 15.9 Å². The summed E-state index contributed by atoms with van der Waals surface area (Å²) < 4.78 is 27.2. The molecular formula is C13H18BrN3O3S. The highest BCUT2D eigenvalue weighted by molar-refractivity contribution is 9.10. The molecule has 1 aromatic rings. The fourth-order valence-electron chi connectivity index (χ4n) is 2.09. The fourth-order valence-corrected chi connectivity index (χ4v) is 3.72. The number of amides is 1. The van der Waals surface area contributed by atoms with Crippen molar-refractivity contribution in [2.75, 3.05) is 19.6 Å². The van der Waals surface area contributed by atoms with Crippen LogP contribution in [0.3, 0.4) is 0 Å². The van der Waals surface area contributed by atoms with Crippen LogP contribution in [0.15, 0.2) is 33.6 Å². The third-order valence-corrected chi connectivity index (χ3v) is 5.13.